The van der Waals surface area contributed by atoms with E-state index in [2.05, 4.69) is 17.6 Å². The summed E-state index contributed by atoms with van der Waals surface area (Å²) in [6.07, 6.45) is 13.2. The third kappa shape index (κ3) is 25.4. The molecule has 0 saturated heterocycles. The van der Waals surface area contributed by atoms with Gasteiger partial charge in [-0.3, -0.25) is 10.1 Å². The van der Waals surface area contributed by atoms with Crippen LogP contribution in [0.25, 0.3) is 0 Å². The van der Waals surface area contributed by atoms with Gasteiger partial charge >= 0.3 is 61.0 Å². The van der Waals surface area contributed by atoms with E-state index < -0.39 is 6.10 Å². The first-order chi connectivity index (χ1) is 14.9. The molecule has 3 N–H and O–H groups in total. The minimum absolute atomic E-state index is 0.0928. The third-order valence-corrected chi connectivity index (χ3v) is 5.36. The van der Waals surface area contributed by atoms with Gasteiger partial charge in [-0.1, -0.05) is 71.1 Å². The van der Waals surface area contributed by atoms with Crippen LogP contribution < -0.4 is 0 Å². The molecule has 0 radical (unpaired) electrons. The van der Waals surface area contributed by atoms with E-state index in [1.807, 2.05) is 14.1 Å². The van der Waals surface area contributed by atoms with Crippen LogP contribution in [0.1, 0.15) is 84.0 Å². The van der Waals surface area contributed by atoms with Crippen molar-refractivity contribution in [1.82, 2.24) is 0 Å². The van der Waals surface area contributed by atoms with Crippen molar-refractivity contribution in [2.24, 2.45) is 0 Å². The van der Waals surface area contributed by atoms with E-state index in [0.717, 1.165) is 12.8 Å². The SMILES string of the molecule is CCCCCCCCCCCCCC(=O)OCC(CO)OO.C[N+](C)(C#P=O)CCO. The number of esters is 1. The molecular formula is C22H45NO7P+. The van der Waals surface area contributed by atoms with Crippen LogP contribution in [-0.4, -0.2) is 72.5 Å². The first-order valence-electron chi connectivity index (χ1n) is 11.5. The summed E-state index contributed by atoms with van der Waals surface area (Å²) in [5, 5.41) is 25.6. The van der Waals surface area contributed by atoms with Gasteiger partial charge in [0.2, 0.25) is 0 Å². The van der Waals surface area contributed by atoms with Crippen molar-refractivity contribution >= 4 is 13.9 Å². The predicted molar refractivity (Wildman–Crippen MR) is 122 cm³/mol. The molecule has 0 aromatic heterocycles. The summed E-state index contributed by atoms with van der Waals surface area (Å²) in [7, 11) is 3.54. The Labute approximate surface area is 189 Å². The maximum atomic E-state index is 11.4. The molecule has 9 heteroatoms. The van der Waals surface area contributed by atoms with Gasteiger partial charge in [0.05, 0.1) is 6.61 Å². The van der Waals surface area contributed by atoms with Gasteiger partial charge < -0.3 is 9.84 Å². The number of aliphatic hydroxyl groups excluding tert-OH is 2. The fourth-order valence-electron chi connectivity index (χ4n) is 2.72. The summed E-state index contributed by atoms with van der Waals surface area (Å²) in [5.74, 6) is 2.32. The van der Waals surface area contributed by atoms with Gasteiger partial charge in [0, 0.05) is 6.42 Å². The Balaban J connectivity index is 0. The number of unbranched alkanes of at least 4 members (excludes halogenated alkanes) is 10. The number of carbonyl (C=O) groups is 1. The zero-order valence-corrected chi connectivity index (χ0v) is 20.7. The normalized spacial score (nSPS) is 11.8. The average Bonchev–Trinajstić information content (AvgIpc) is 2.73. The van der Waals surface area contributed by atoms with Crippen LogP contribution in [0.5, 0.6) is 0 Å². The second kappa shape index (κ2) is 23.9. The van der Waals surface area contributed by atoms with Gasteiger partial charge in [0.1, 0.15) is 12.7 Å². The molecule has 0 spiro atoms. The quantitative estimate of drug-likeness (QED) is 0.0687. The predicted octanol–water partition coefficient (Wildman–Crippen LogP) is 4.34. The van der Waals surface area contributed by atoms with Crippen molar-refractivity contribution in [3.8, 4) is 5.75 Å². The van der Waals surface area contributed by atoms with E-state index in [4.69, 9.17) is 20.2 Å². The molecule has 0 aromatic rings. The average molecular weight is 467 g/mol. The number of hydrogen-bond donors (Lipinski definition) is 3. The van der Waals surface area contributed by atoms with E-state index in [0.29, 0.717) is 17.4 Å². The van der Waals surface area contributed by atoms with Crippen LogP contribution in [0.4, 0.5) is 0 Å². The number of rotatable bonds is 18. The van der Waals surface area contributed by atoms with Crippen molar-refractivity contribution in [3.63, 3.8) is 0 Å². The van der Waals surface area contributed by atoms with Gasteiger partial charge in [-0.15, -0.1) is 0 Å². The molecule has 0 aliphatic rings. The summed E-state index contributed by atoms with van der Waals surface area (Å²) < 4.78 is 15.2. The van der Waals surface area contributed by atoms with Gasteiger partial charge in [-0.05, 0) is 6.42 Å². The molecule has 0 saturated carbocycles. The molecule has 0 fully saturated rings. The van der Waals surface area contributed by atoms with Crippen LogP contribution in [0.15, 0.2) is 0 Å². The molecule has 0 rings (SSSR count). The second-order valence-electron chi connectivity index (χ2n) is 8.20. The number of carbonyl (C=O) groups excluding carboxylic acids is 1. The molecule has 184 valence electrons. The number of nitrogens with zero attached hydrogens (tertiary/aromatic N) is 1. The van der Waals surface area contributed by atoms with E-state index in [-0.39, 0.29) is 33.7 Å². The Morgan fingerprint density at radius 2 is 1.48 bits per heavy atom. The molecule has 1 unspecified atom stereocenters. The summed E-state index contributed by atoms with van der Waals surface area (Å²) in [5.41, 5.74) is 0. The molecule has 0 aliphatic heterocycles. The number of quaternary nitrogens is 1. The molecule has 0 aromatic carbocycles. The fraction of sp³-hybridized carbons (Fsp3) is 0.909. The van der Waals surface area contributed by atoms with E-state index in [9.17, 15) is 9.36 Å². The first-order valence-corrected chi connectivity index (χ1v) is 12.3. The Morgan fingerprint density at radius 1 is 0.968 bits per heavy atom. The summed E-state index contributed by atoms with van der Waals surface area (Å²) >= 11 is 0. The van der Waals surface area contributed by atoms with Crippen LogP contribution in [0.3, 0.4) is 0 Å². The maximum absolute atomic E-state index is 11.4. The van der Waals surface area contributed by atoms with Crippen molar-refractivity contribution in [1.29, 1.82) is 0 Å². The number of hydrogen-bond acceptors (Lipinski definition) is 7. The van der Waals surface area contributed by atoms with Gasteiger partial charge in [-0.25, -0.2) is 4.89 Å². The van der Waals surface area contributed by atoms with Crippen LogP contribution in [0, 0.1) is 5.75 Å². The van der Waals surface area contributed by atoms with Crippen molar-refractivity contribution < 1.29 is 38.9 Å². The molecule has 31 heavy (non-hydrogen) atoms. The molecule has 0 bridgehead atoms. The van der Waals surface area contributed by atoms with Crippen molar-refractivity contribution in [2.45, 2.75) is 90.1 Å². The number of aliphatic hydroxyl groups is 2. The van der Waals surface area contributed by atoms with Gasteiger partial charge in [0.25, 0.3) is 0 Å². The topological polar surface area (TPSA) is 113 Å². The van der Waals surface area contributed by atoms with E-state index in [1.165, 1.54) is 57.8 Å². The number of ether oxygens (including phenoxy) is 1. The first kappa shape index (κ1) is 32.5. The second-order valence-corrected chi connectivity index (χ2v) is 8.58. The van der Waals surface area contributed by atoms with E-state index >= 15 is 0 Å². The molecule has 1 atom stereocenters. The zero-order chi connectivity index (χ0) is 23.8. The Bertz CT molecular complexity index is 507. The summed E-state index contributed by atoms with van der Waals surface area (Å²) in [4.78, 5) is 15.3. The van der Waals surface area contributed by atoms with E-state index in [1.54, 1.807) is 0 Å². The Kier molecular flexibility index (Phi) is 25.1. The Hall–Kier alpha value is -0.720. The number of likely N-dealkylation sites (N-methyl/N-ethyl adjacent to an activating group) is 1. The van der Waals surface area contributed by atoms with Crippen molar-refractivity contribution in [3.05, 3.63) is 0 Å². The van der Waals surface area contributed by atoms with Crippen LogP contribution >= 0.6 is 7.92 Å². The molecule has 0 amide bonds. The zero-order valence-electron chi connectivity index (χ0n) is 19.8. The summed E-state index contributed by atoms with van der Waals surface area (Å²) in [6.45, 7) is 2.40. The third-order valence-electron chi connectivity index (χ3n) is 4.74. The standard InChI is InChI=1S/C17H34O5.C5H11NO2P/c1-2-3-4-5-6-7-8-9-10-11-12-13-17(19)21-15-16(14-18)22-20;1-6(2,3-4-7)5-9-8/h16,18,20H,2-15H2,1H3;7H,3-4H2,1-2H3/q;+1. The van der Waals surface area contributed by atoms with Crippen molar-refractivity contribution in [2.75, 3.05) is 40.5 Å². The fourth-order valence-corrected chi connectivity index (χ4v) is 3.04. The molecule has 8 nitrogen and oxygen atoms in total. The molecule has 0 aliphatic carbocycles. The van der Waals surface area contributed by atoms with Crippen LogP contribution in [-0.2, 0) is 19.0 Å². The van der Waals surface area contributed by atoms with Gasteiger partial charge in [-0.2, -0.15) is 0 Å². The molecular weight excluding hydrogens is 421 g/mol. The summed E-state index contributed by atoms with van der Waals surface area (Å²) in [6, 6.07) is 0. The minimum atomic E-state index is -0.846. The van der Waals surface area contributed by atoms with Gasteiger partial charge in [0.15, 0.2) is 0 Å². The monoisotopic (exact) mass is 466 g/mol. The molecule has 0 heterocycles. The Morgan fingerprint density at radius 3 is 1.90 bits per heavy atom. The van der Waals surface area contributed by atoms with Crippen LogP contribution in [0.2, 0.25) is 0 Å².